The van der Waals surface area contributed by atoms with E-state index in [1.54, 1.807) is 11.8 Å². The van der Waals surface area contributed by atoms with Crippen molar-refractivity contribution in [3.8, 4) is 0 Å². The van der Waals surface area contributed by atoms with Gasteiger partial charge in [0.2, 0.25) is 5.95 Å². The molecule has 0 aliphatic heterocycles. The van der Waals surface area contributed by atoms with Crippen molar-refractivity contribution in [3.63, 3.8) is 0 Å². The molecule has 0 saturated heterocycles. The molecule has 0 amide bonds. The topological polar surface area (TPSA) is 90.7 Å². The minimum atomic E-state index is 0.190. The van der Waals surface area contributed by atoms with Gasteiger partial charge in [-0.1, -0.05) is 0 Å². The van der Waals surface area contributed by atoms with Crippen molar-refractivity contribution < 1.29 is 0 Å². The van der Waals surface area contributed by atoms with Crippen molar-refractivity contribution >= 4 is 34.6 Å². The minimum absolute atomic E-state index is 0.190. The first-order valence-electron chi connectivity index (χ1n) is 5.99. The van der Waals surface area contributed by atoms with Gasteiger partial charge in [0.25, 0.3) is 0 Å². The zero-order valence-corrected chi connectivity index (χ0v) is 11.0. The molecule has 2 aromatic rings. The molecule has 0 spiro atoms. The number of pyridine rings is 1. The van der Waals surface area contributed by atoms with Crippen molar-refractivity contribution in [2.24, 2.45) is 0 Å². The van der Waals surface area contributed by atoms with Crippen LogP contribution in [-0.4, -0.2) is 21.2 Å². The van der Waals surface area contributed by atoms with E-state index in [4.69, 9.17) is 11.5 Å². The number of thioether (sulfide) groups is 1. The number of nitrogen functional groups attached to an aromatic ring is 2. The number of aromatic nitrogens is 3. The first-order chi connectivity index (χ1) is 8.70. The molecule has 1 aliphatic carbocycles. The van der Waals surface area contributed by atoms with E-state index in [1.165, 1.54) is 24.0 Å². The summed E-state index contributed by atoms with van der Waals surface area (Å²) < 4.78 is 0. The van der Waals surface area contributed by atoms with Gasteiger partial charge < -0.3 is 11.5 Å². The molecular formula is C12H15N5S. The average Bonchev–Trinajstić information content (AvgIpc) is 2.36. The molecule has 2 heterocycles. The van der Waals surface area contributed by atoms with Crippen LogP contribution in [0.25, 0.3) is 11.0 Å². The number of aryl methyl sites for hydroxylation is 1. The maximum absolute atomic E-state index is 5.99. The summed E-state index contributed by atoms with van der Waals surface area (Å²) in [5.74, 6) is 0.645. The average molecular weight is 261 g/mol. The Hall–Kier alpha value is -1.56. The lowest BCUT2D eigenvalue weighted by Gasteiger charge is -2.20. The second kappa shape index (κ2) is 4.28. The zero-order valence-electron chi connectivity index (χ0n) is 10.2. The molecule has 18 heavy (non-hydrogen) atoms. The summed E-state index contributed by atoms with van der Waals surface area (Å²) >= 11 is 1.66. The molecule has 5 nitrogen and oxygen atoms in total. The van der Waals surface area contributed by atoms with Crippen LogP contribution < -0.4 is 11.5 Å². The summed E-state index contributed by atoms with van der Waals surface area (Å²) in [5.41, 5.74) is 14.9. The number of nitrogens with two attached hydrogens (primary N) is 2. The highest BCUT2D eigenvalue weighted by Crippen LogP contribution is 2.35. The molecule has 0 fully saturated rings. The predicted molar refractivity (Wildman–Crippen MR) is 74.6 cm³/mol. The molecule has 0 unspecified atom stereocenters. The molecule has 0 aromatic carbocycles. The third-order valence-corrected chi connectivity index (χ3v) is 4.09. The molecular weight excluding hydrogens is 246 g/mol. The lowest BCUT2D eigenvalue weighted by atomic mass is 9.91. The van der Waals surface area contributed by atoms with Gasteiger partial charge in [0.1, 0.15) is 10.8 Å². The van der Waals surface area contributed by atoms with Crippen LogP contribution in [0.3, 0.4) is 0 Å². The number of rotatable bonds is 1. The monoisotopic (exact) mass is 261 g/mol. The third kappa shape index (κ3) is 1.68. The maximum atomic E-state index is 5.99. The standard InChI is InChI=1S/C12H15N5S/c1-18-11-7-5-3-2-4-6(7)8-9(13)15-12(14)17-10(8)16-11/h2-5H2,1H3,(H4,13,14,15,16,17). The summed E-state index contributed by atoms with van der Waals surface area (Å²) in [6.07, 6.45) is 6.53. The Morgan fingerprint density at radius 2 is 1.72 bits per heavy atom. The van der Waals surface area contributed by atoms with Gasteiger partial charge in [-0.05, 0) is 43.1 Å². The number of fused-ring (bicyclic) bond motifs is 3. The van der Waals surface area contributed by atoms with E-state index in [-0.39, 0.29) is 5.95 Å². The molecule has 2 aromatic heterocycles. The van der Waals surface area contributed by atoms with E-state index in [1.807, 2.05) is 6.26 Å². The van der Waals surface area contributed by atoms with E-state index in [0.717, 1.165) is 23.3 Å². The summed E-state index contributed by atoms with van der Waals surface area (Å²) in [7, 11) is 0. The molecule has 1 aliphatic rings. The van der Waals surface area contributed by atoms with Crippen molar-refractivity contribution in [3.05, 3.63) is 11.1 Å². The third-order valence-electron chi connectivity index (χ3n) is 3.36. The van der Waals surface area contributed by atoms with Gasteiger partial charge in [-0.25, -0.2) is 4.98 Å². The van der Waals surface area contributed by atoms with Gasteiger partial charge in [-0.2, -0.15) is 9.97 Å². The molecule has 0 bridgehead atoms. The molecule has 94 valence electrons. The van der Waals surface area contributed by atoms with Crippen LogP contribution in [0.5, 0.6) is 0 Å². The Morgan fingerprint density at radius 1 is 1.00 bits per heavy atom. The van der Waals surface area contributed by atoms with Crippen LogP contribution in [0.15, 0.2) is 5.03 Å². The van der Waals surface area contributed by atoms with Crippen LogP contribution >= 0.6 is 11.8 Å². The minimum Gasteiger partial charge on any atom is -0.383 e. The van der Waals surface area contributed by atoms with E-state index in [0.29, 0.717) is 11.5 Å². The van der Waals surface area contributed by atoms with Gasteiger partial charge in [0, 0.05) is 0 Å². The summed E-state index contributed by atoms with van der Waals surface area (Å²) in [6.45, 7) is 0. The van der Waals surface area contributed by atoms with E-state index < -0.39 is 0 Å². The smallest absolute Gasteiger partial charge is 0.224 e. The number of nitrogens with zero attached hydrogens (tertiary/aromatic N) is 3. The molecule has 0 atom stereocenters. The Morgan fingerprint density at radius 3 is 2.44 bits per heavy atom. The van der Waals surface area contributed by atoms with E-state index in [9.17, 15) is 0 Å². The second-order valence-corrected chi connectivity index (χ2v) is 5.25. The SMILES string of the molecule is CSc1nc2nc(N)nc(N)c2c2c1CCCC2. The summed E-state index contributed by atoms with van der Waals surface area (Å²) in [4.78, 5) is 12.9. The first kappa shape index (κ1) is 11.5. The zero-order chi connectivity index (χ0) is 12.7. The number of hydrogen-bond acceptors (Lipinski definition) is 6. The Balaban J connectivity index is 2.41. The van der Waals surface area contributed by atoms with Crippen LogP contribution in [0, 0.1) is 0 Å². The Labute approximate surface area is 109 Å². The van der Waals surface area contributed by atoms with Crippen LogP contribution in [-0.2, 0) is 12.8 Å². The lowest BCUT2D eigenvalue weighted by Crippen LogP contribution is -2.11. The fraction of sp³-hybridized carbons (Fsp3) is 0.417. The largest absolute Gasteiger partial charge is 0.383 e. The van der Waals surface area contributed by atoms with E-state index in [2.05, 4.69) is 15.0 Å². The number of hydrogen-bond donors (Lipinski definition) is 2. The van der Waals surface area contributed by atoms with Gasteiger partial charge in [0.15, 0.2) is 5.65 Å². The fourth-order valence-corrected chi connectivity index (χ4v) is 3.25. The van der Waals surface area contributed by atoms with Crippen molar-refractivity contribution in [2.75, 3.05) is 17.7 Å². The van der Waals surface area contributed by atoms with Gasteiger partial charge >= 0.3 is 0 Å². The van der Waals surface area contributed by atoms with Crippen LogP contribution in [0.1, 0.15) is 24.0 Å². The highest BCUT2D eigenvalue weighted by atomic mass is 32.2. The van der Waals surface area contributed by atoms with E-state index >= 15 is 0 Å². The Bertz CT molecular complexity index is 626. The summed E-state index contributed by atoms with van der Waals surface area (Å²) in [6, 6.07) is 0. The van der Waals surface area contributed by atoms with Crippen LogP contribution in [0.4, 0.5) is 11.8 Å². The molecule has 3 rings (SSSR count). The predicted octanol–water partition coefficient (Wildman–Crippen LogP) is 1.79. The highest BCUT2D eigenvalue weighted by molar-refractivity contribution is 7.98. The Kier molecular flexibility index (Phi) is 2.74. The fourth-order valence-electron chi connectivity index (χ4n) is 2.60. The quantitative estimate of drug-likeness (QED) is 0.760. The van der Waals surface area contributed by atoms with Gasteiger partial charge in [-0.3, -0.25) is 0 Å². The number of anilines is 2. The van der Waals surface area contributed by atoms with Gasteiger partial charge in [0.05, 0.1) is 5.39 Å². The highest BCUT2D eigenvalue weighted by Gasteiger charge is 2.20. The molecule has 0 radical (unpaired) electrons. The molecule has 6 heteroatoms. The van der Waals surface area contributed by atoms with Crippen molar-refractivity contribution in [1.29, 1.82) is 0 Å². The lowest BCUT2D eigenvalue weighted by molar-refractivity contribution is 0.673. The van der Waals surface area contributed by atoms with Crippen molar-refractivity contribution in [2.45, 2.75) is 30.7 Å². The maximum Gasteiger partial charge on any atom is 0.224 e. The van der Waals surface area contributed by atoms with Crippen molar-refractivity contribution in [1.82, 2.24) is 15.0 Å². The first-order valence-corrected chi connectivity index (χ1v) is 7.21. The molecule has 0 saturated carbocycles. The molecule has 4 N–H and O–H groups in total. The second-order valence-electron chi connectivity index (χ2n) is 4.45. The van der Waals surface area contributed by atoms with Crippen LogP contribution in [0.2, 0.25) is 0 Å². The normalized spacial score (nSPS) is 14.7. The van der Waals surface area contributed by atoms with Gasteiger partial charge in [-0.15, -0.1) is 11.8 Å². The summed E-state index contributed by atoms with van der Waals surface area (Å²) in [5, 5.41) is 1.95.